The summed E-state index contributed by atoms with van der Waals surface area (Å²) in [5.41, 5.74) is 0.935. The lowest BCUT2D eigenvalue weighted by molar-refractivity contribution is 0.613. The maximum Gasteiger partial charge on any atom is 0.137 e. The van der Waals surface area contributed by atoms with Crippen LogP contribution in [0.5, 0.6) is 0 Å². The number of nitrogens with one attached hydrogen (secondary N) is 2. The normalized spacial score (nSPS) is 10.7. The molecule has 0 amide bonds. The molecule has 0 fully saturated rings. The fraction of sp³-hybridized carbons (Fsp3) is 0.250. The predicted molar refractivity (Wildman–Crippen MR) is 68.1 cm³/mol. The van der Waals surface area contributed by atoms with Gasteiger partial charge in [0.1, 0.15) is 11.6 Å². The zero-order valence-electron chi connectivity index (χ0n) is 9.21. The van der Waals surface area contributed by atoms with Crippen molar-refractivity contribution >= 4 is 15.9 Å². The van der Waals surface area contributed by atoms with E-state index in [0.717, 1.165) is 24.4 Å². The summed E-state index contributed by atoms with van der Waals surface area (Å²) in [6.07, 6.45) is 4.38. The van der Waals surface area contributed by atoms with Crippen LogP contribution in [-0.2, 0) is 13.0 Å². The molecule has 2 N–H and O–H groups in total. The van der Waals surface area contributed by atoms with E-state index in [0.29, 0.717) is 11.0 Å². The molecule has 17 heavy (non-hydrogen) atoms. The molecule has 0 aliphatic carbocycles. The van der Waals surface area contributed by atoms with Crippen molar-refractivity contribution in [3.63, 3.8) is 0 Å². The number of aromatic amines is 1. The van der Waals surface area contributed by atoms with Gasteiger partial charge in [0, 0.05) is 31.9 Å². The maximum atomic E-state index is 13.2. The van der Waals surface area contributed by atoms with E-state index < -0.39 is 0 Å². The summed E-state index contributed by atoms with van der Waals surface area (Å²) in [6.45, 7) is 1.47. The van der Waals surface area contributed by atoms with Gasteiger partial charge >= 0.3 is 0 Å². The lowest BCUT2D eigenvalue weighted by atomic mass is 10.2. The number of nitrogens with zero attached hydrogens (tertiary/aromatic N) is 1. The molecule has 0 spiro atoms. The third-order valence-corrected chi connectivity index (χ3v) is 3.05. The Bertz CT molecular complexity index is 471. The van der Waals surface area contributed by atoms with E-state index in [1.165, 1.54) is 6.07 Å². The van der Waals surface area contributed by atoms with Crippen LogP contribution in [-0.4, -0.2) is 16.5 Å². The Morgan fingerprint density at radius 3 is 3.00 bits per heavy atom. The summed E-state index contributed by atoms with van der Waals surface area (Å²) in [6, 6.07) is 5.15. The quantitative estimate of drug-likeness (QED) is 0.833. The van der Waals surface area contributed by atoms with Crippen molar-refractivity contribution in [2.45, 2.75) is 13.0 Å². The Morgan fingerprint density at radius 1 is 1.41 bits per heavy atom. The van der Waals surface area contributed by atoms with Crippen molar-refractivity contribution in [1.82, 2.24) is 15.3 Å². The van der Waals surface area contributed by atoms with Crippen molar-refractivity contribution < 1.29 is 4.39 Å². The molecule has 0 atom stereocenters. The van der Waals surface area contributed by atoms with Crippen LogP contribution in [0.1, 0.15) is 11.4 Å². The molecule has 1 aromatic carbocycles. The van der Waals surface area contributed by atoms with Crippen molar-refractivity contribution in [3.8, 4) is 0 Å². The fourth-order valence-corrected chi connectivity index (χ4v) is 1.77. The summed E-state index contributed by atoms with van der Waals surface area (Å²) in [4.78, 5) is 7.16. The molecule has 0 radical (unpaired) electrons. The third kappa shape index (κ3) is 3.64. The Balaban J connectivity index is 1.76. The van der Waals surface area contributed by atoms with Gasteiger partial charge in [-0.15, -0.1) is 0 Å². The predicted octanol–water partition coefficient (Wildman–Crippen LogP) is 2.64. The van der Waals surface area contributed by atoms with Gasteiger partial charge in [0.25, 0.3) is 0 Å². The number of H-pyrrole nitrogens is 1. The summed E-state index contributed by atoms with van der Waals surface area (Å²) in [5, 5.41) is 3.24. The van der Waals surface area contributed by atoms with E-state index in [1.54, 1.807) is 18.5 Å². The summed E-state index contributed by atoms with van der Waals surface area (Å²) < 4.78 is 13.7. The van der Waals surface area contributed by atoms with Gasteiger partial charge in [0.05, 0.1) is 4.47 Å². The standard InChI is InChI=1S/C12H13BrFN3/c13-10-2-1-9(7-11(10)14)8-15-4-3-12-16-5-6-17-12/h1-2,5-7,15H,3-4,8H2,(H,16,17). The van der Waals surface area contributed by atoms with Crippen LogP contribution in [0.4, 0.5) is 4.39 Å². The van der Waals surface area contributed by atoms with E-state index in [9.17, 15) is 4.39 Å². The highest BCUT2D eigenvalue weighted by atomic mass is 79.9. The number of hydrogen-bond acceptors (Lipinski definition) is 2. The smallest absolute Gasteiger partial charge is 0.137 e. The van der Waals surface area contributed by atoms with Gasteiger partial charge in [-0.3, -0.25) is 0 Å². The lowest BCUT2D eigenvalue weighted by Gasteiger charge is -2.04. The molecule has 0 saturated carbocycles. The van der Waals surface area contributed by atoms with Crippen molar-refractivity contribution in [2.75, 3.05) is 6.54 Å². The zero-order chi connectivity index (χ0) is 12.1. The fourth-order valence-electron chi connectivity index (χ4n) is 1.52. The summed E-state index contributed by atoms with van der Waals surface area (Å²) >= 11 is 3.13. The topological polar surface area (TPSA) is 40.7 Å². The second-order valence-electron chi connectivity index (χ2n) is 3.71. The third-order valence-electron chi connectivity index (χ3n) is 2.41. The first kappa shape index (κ1) is 12.3. The van der Waals surface area contributed by atoms with Gasteiger partial charge in [-0.1, -0.05) is 6.07 Å². The molecule has 0 aliphatic heterocycles. The molecule has 0 unspecified atom stereocenters. The van der Waals surface area contributed by atoms with Crippen LogP contribution in [0.3, 0.4) is 0 Å². The largest absolute Gasteiger partial charge is 0.349 e. The molecular formula is C12H13BrFN3. The minimum atomic E-state index is -0.227. The van der Waals surface area contributed by atoms with Gasteiger partial charge in [-0.05, 0) is 33.6 Å². The average molecular weight is 298 g/mol. The molecular weight excluding hydrogens is 285 g/mol. The SMILES string of the molecule is Fc1cc(CNCCc2ncc[nH]2)ccc1Br. The summed E-state index contributed by atoms with van der Waals surface area (Å²) in [5.74, 6) is 0.731. The number of benzene rings is 1. The van der Waals surface area contributed by atoms with Crippen LogP contribution < -0.4 is 5.32 Å². The second-order valence-corrected chi connectivity index (χ2v) is 4.57. The molecule has 1 aromatic heterocycles. The molecule has 2 aromatic rings. The number of halogens is 2. The number of aromatic nitrogens is 2. The minimum Gasteiger partial charge on any atom is -0.349 e. The first-order valence-electron chi connectivity index (χ1n) is 5.38. The van der Waals surface area contributed by atoms with Crippen molar-refractivity contribution in [3.05, 3.63) is 52.3 Å². The van der Waals surface area contributed by atoms with Crippen molar-refractivity contribution in [2.24, 2.45) is 0 Å². The van der Waals surface area contributed by atoms with Crippen LogP contribution >= 0.6 is 15.9 Å². The molecule has 0 saturated heterocycles. The van der Waals surface area contributed by atoms with Gasteiger partial charge in [-0.25, -0.2) is 9.37 Å². The number of imidazole rings is 1. The Kier molecular flexibility index (Phi) is 4.28. The lowest BCUT2D eigenvalue weighted by Crippen LogP contribution is -2.17. The molecule has 0 bridgehead atoms. The number of hydrogen-bond donors (Lipinski definition) is 2. The summed E-state index contributed by atoms with van der Waals surface area (Å²) in [7, 11) is 0. The van der Waals surface area contributed by atoms with E-state index in [2.05, 4.69) is 31.2 Å². The van der Waals surface area contributed by atoms with Crippen LogP contribution in [0, 0.1) is 5.82 Å². The monoisotopic (exact) mass is 297 g/mol. The minimum absolute atomic E-state index is 0.227. The highest BCUT2D eigenvalue weighted by Crippen LogP contribution is 2.16. The van der Waals surface area contributed by atoms with Gasteiger partial charge < -0.3 is 10.3 Å². The molecule has 3 nitrogen and oxygen atoms in total. The molecule has 0 aliphatic rings. The van der Waals surface area contributed by atoms with E-state index in [-0.39, 0.29) is 5.82 Å². The Hall–Kier alpha value is -1.20. The maximum absolute atomic E-state index is 13.2. The molecule has 2 rings (SSSR count). The van der Waals surface area contributed by atoms with Crippen LogP contribution in [0.25, 0.3) is 0 Å². The van der Waals surface area contributed by atoms with E-state index in [1.807, 2.05) is 6.07 Å². The zero-order valence-corrected chi connectivity index (χ0v) is 10.8. The van der Waals surface area contributed by atoms with Gasteiger partial charge in [0.2, 0.25) is 0 Å². The highest BCUT2D eigenvalue weighted by Gasteiger charge is 2.00. The second kappa shape index (κ2) is 5.93. The van der Waals surface area contributed by atoms with Crippen LogP contribution in [0.2, 0.25) is 0 Å². The van der Waals surface area contributed by atoms with Gasteiger partial charge in [0.15, 0.2) is 0 Å². The Labute approximate surface area is 108 Å². The molecule has 5 heteroatoms. The van der Waals surface area contributed by atoms with E-state index >= 15 is 0 Å². The number of rotatable bonds is 5. The average Bonchev–Trinajstić information content (AvgIpc) is 2.82. The van der Waals surface area contributed by atoms with Gasteiger partial charge in [-0.2, -0.15) is 0 Å². The molecule has 1 heterocycles. The van der Waals surface area contributed by atoms with E-state index in [4.69, 9.17) is 0 Å². The molecule has 90 valence electrons. The van der Waals surface area contributed by atoms with Crippen molar-refractivity contribution in [1.29, 1.82) is 0 Å². The first-order valence-corrected chi connectivity index (χ1v) is 6.18. The Morgan fingerprint density at radius 2 is 2.29 bits per heavy atom. The van der Waals surface area contributed by atoms with Crippen LogP contribution in [0.15, 0.2) is 35.1 Å². The highest BCUT2D eigenvalue weighted by molar-refractivity contribution is 9.10. The first-order chi connectivity index (χ1) is 8.25.